The fourth-order valence-electron chi connectivity index (χ4n) is 2.20. The lowest BCUT2D eigenvalue weighted by Crippen LogP contribution is -2.55. The number of likely N-dealkylation sites (N-methyl/N-ethyl adjacent to an activating group) is 1. The molecule has 1 aliphatic rings. The van der Waals surface area contributed by atoms with Gasteiger partial charge in [-0.3, -0.25) is 4.79 Å². The first-order valence-corrected chi connectivity index (χ1v) is 7.32. The van der Waals surface area contributed by atoms with Gasteiger partial charge in [0.05, 0.1) is 6.07 Å². The Morgan fingerprint density at radius 1 is 1.24 bits per heavy atom. The highest BCUT2D eigenvalue weighted by Crippen LogP contribution is 2.07. The van der Waals surface area contributed by atoms with Gasteiger partial charge in [-0.15, -0.1) is 0 Å². The van der Waals surface area contributed by atoms with Crippen LogP contribution in [0.5, 0.6) is 0 Å². The Labute approximate surface area is 126 Å². The van der Waals surface area contributed by atoms with Crippen molar-refractivity contribution in [2.75, 3.05) is 39.8 Å². The molecule has 21 heavy (non-hydrogen) atoms. The van der Waals surface area contributed by atoms with Gasteiger partial charge in [-0.2, -0.15) is 5.26 Å². The first-order valence-electron chi connectivity index (χ1n) is 7.32. The van der Waals surface area contributed by atoms with Gasteiger partial charge in [0.15, 0.2) is 0 Å². The van der Waals surface area contributed by atoms with E-state index in [9.17, 15) is 9.59 Å². The van der Waals surface area contributed by atoms with Gasteiger partial charge in [-0.1, -0.05) is 13.8 Å². The third-order valence-corrected chi connectivity index (χ3v) is 3.45. The number of hydrogen-bond donors (Lipinski definition) is 2. The molecule has 1 aliphatic heterocycles. The van der Waals surface area contributed by atoms with Crippen molar-refractivity contribution >= 4 is 11.9 Å². The van der Waals surface area contributed by atoms with Crippen molar-refractivity contribution in [2.24, 2.45) is 5.92 Å². The lowest BCUT2D eigenvalue weighted by molar-refractivity contribution is -0.123. The average molecular weight is 295 g/mol. The van der Waals surface area contributed by atoms with Gasteiger partial charge in [0.25, 0.3) is 0 Å². The minimum atomic E-state index is -0.592. The molecule has 1 heterocycles. The van der Waals surface area contributed by atoms with E-state index in [4.69, 9.17) is 5.26 Å². The number of rotatable bonds is 5. The van der Waals surface area contributed by atoms with Crippen LogP contribution in [-0.2, 0) is 4.79 Å². The average Bonchev–Trinajstić information content (AvgIpc) is 2.44. The molecule has 0 bridgehead atoms. The Hall–Kier alpha value is -1.81. The van der Waals surface area contributed by atoms with E-state index in [1.165, 1.54) is 0 Å². The molecule has 0 saturated carbocycles. The van der Waals surface area contributed by atoms with Crippen molar-refractivity contribution in [2.45, 2.75) is 26.3 Å². The number of hydrogen-bond acceptors (Lipinski definition) is 4. The summed E-state index contributed by atoms with van der Waals surface area (Å²) in [6, 6.07) is 1.07. The summed E-state index contributed by atoms with van der Waals surface area (Å²) in [4.78, 5) is 28.1. The molecule has 1 atom stereocenters. The topological polar surface area (TPSA) is 88.5 Å². The molecule has 3 amide bonds. The number of urea groups is 1. The fraction of sp³-hybridized carbons (Fsp3) is 0.786. The maximum atomic E-state index is 12.2. The number of nitrogens with one attached hydrogen (secondary N) is 2. The largest absolute Gasteiger partial charge is 0.341 e. The highest BCUT2D eigenvalue weighted by molar-refractivity contribution is 5.87. The van der Waals surface area contributed by atoms with E-state index in [1.807, 2.05) is 27.0 Å². The van der Waals surface area contributed by atoms with Crippen LogP contribution in [-0.4, -0.2) is 67.6 Å². The van der Waals surface area contributed by atoms with Crippen LogP contribution in [0.1, 0.15) is 20.3 Å². The van der Waals surface area contributed by atoms with Crippen LogP contribution in [0.2, 0.25) is 0 Å². The van der Waals surface area contributed by atoms with E-state index in [0.29, 0.717) is 19.5 Å². The van der Waals surface area contributed by atoms with Crippen LogP contribution in [0.3, 0.4) is 0 Å². The summed E-state index contributed by atoms with van der Waals surface area (Å²) in [5, 5.41) is 13.8. The van der Waals surface area contributed by atoms with E-state index in [0.717, 1.165) is 13.1 Å². The maximum absolute atomic E-state index is 12.2. The van der Waals surface area contributed by atoms with E-state index < -0.39 is 6.04 Å². The summed E-state index contributed by atoms with van der Waals surface area (Å²) in [5.74, 6) is -0.0247. The van der Waals surface area contributed by atoms with Crippen molar-refractivity contribution in [1.82, 2.24) is 20.4 Å². The molecule has 0 aromatic carbocycles. The lowest BCUT2D eigenvalue weighted by atomic mass is 10.0. The predicted octanol–water partition coefficient (Wildman–Crippen LogP) is -0.00212. The van der Waals surface area contributed by atoms with Gasteiger partial charge >= 0.3 is 6.03 Å². The number of nitriles is 1. The third kappa shape index (κ3) is 6.00. The van der Waals surface area contributed by atoms with Gasteiger partial charge in [0, 0.05) is 26.2 Å². The molecule has 0 aromatic heterocycles. The summed E-state index contributed by atoms with van der Waals surface area (Å²) in [6.07, 6.45) is 0.552. The van der Waals surface area contributed by atoms with E-state index in [2.05, 4.69) is 15.5 Å². The highest BCUT2D eigenvalue weighted by Gasteiger charge is 2.25. The molecule has 1 saturated heterocycles. The second-order valence-electron chi connectivity index (χ2n) is 5.80. The van der Waals surface area contributed by atoms with Crippen molar-refractivity contribution in [1.29, 1.82) is 5.26 Å². The first-order chi connectivity index (χ1) is 9.93. The molecule has 1 unspecified atom stereocenters. The molecular formula is C14H25N5O2. The van der Waals surface area contributed by atoms with Gasteiger partial charge in [0.1, 0.15) is 12.6 Å². The summed E-state index contributed by atoms with van der Waals surface area (Å²) in [5.41, 5.74) is 0. The molecule has 2 N–H and O–H groups in total. The molecule has 1 rings (SSSR count). The first kappa shape index (κ1) is 17.2. The number of nitrogens with zero attached hydrogens (tertiary/aromatic N) is 3. The Bertz CT molecular complexity index is 397. The lowest BCUT2D eigenvalue weighted by Gasteiger charge is -2.33. The van der Waals surface area contributed by atoms with E-state index >= 15 is 0 Å². The van der Waals surface area contributed by atoms with Crippen LogP contribution in [0, 0.1) is 17.2 Å². The molecule has 7 heteroatoms. The Morgan fingerprint density at radius 3 is 2.38 bits per heavy atom. The SMILES string of the molecule is CC(C)CC(NC(=O)N1CCN(C)CC1)C(=O)NCC#N. The minimum Gasteiger partial charge on any atom is -0.341 e. The van der Waals surface area contributed by atoms with Gasteiger partial charge in [0.2, 0.25) is 5.91 Å². The zero-order valence-corrected chi connectivity index (χ0v) is 13.1. The summed E-state index contributed by atoms with van der Waals surface area (Å²) in [7, 11) is 2.02. The van der Waals surface area contributed by atoms with Crippen LogP contribution < -0.4 is 10.6 Å². The molecule has 7 nitrogen and oxygen atoms in total. The van der Waals surface area contributed by atoms with Crippen molar-refractivity contribution in [3.05, 3.63) is 0 Å². The smallest absolute Gasteiger partial charge is 0.318 e. The standard InChI is InChI=1S/C14H25N5O2/c1-11(2)10-12(13(20)16-5-4-15)17-14(21)19-8-6-18(3)7-9-19/h11-12H,5-10H2,1-3H3,(H,16,20)(H,17,21). The van der Waals surface area contributed by atoms with Crippen molar-refractivity contribution in [3.63, 3.8) is 0 Å². The second-order valence-corrected chi connectivity index (χ2v) is 5.80. The molecular weight excluding hydrogens is 270 g/mol. The summed E-state index contributed by atoms with van der Waals surface area (Å²) < 4.78 is 0. The molecule has 1 fully saturated rings. The number of piperazine rings is 1. The number of amides is 3. The highest BCUT2D eigenvalue weighted by atomic mass is 16.2. The minimum absolute atomic E-state index is 0.0438. The van der Waals surface area contributed by atoms with Crippen LogP contribution in [0.25, 0.3) is 0 Å². The molecule has 0 spiro atoms. The van der Waals surface area contributed by atoms with Gasteiger partial charge in [-0.25, -0.2) is 4.79 Å². The zero-order valence-electron chi connectivity index (χ0n) is 13.1. The van der Waals surface area contributed by atoms with Gasteiger partial charge in [-0.05, 0) is 19.4 Å². The van der Waals surface area contributed by atoms with Crippen LogP contribution in [0.4, 0.5) is 4.79 Å². The predicted molar refractivity (Wildman–Crippen MR) is 79.5 cm³/mol. The molecule has 0 radical (unpaired) electrons. The van der Waals surface area contributed by atoms with E-state index in [1.54, 1.807) is 4.90 Å². The molecule has 118 valence electrons. The Balaban J connectivity index is 2.56. The van der Waals surface area contributed by atoms with Crippen LogP contribution in [0.15, 0.2) is 0 Å². The zero-order chi connectivity index (χ0) is 15.8. The molecule has 0 aromatic rings. The van der Waals surface area contributed by atoms with Crippen molar-refractivity contribution in [3.8, 4) is 6.07 Å². The van der Waals surface area contributed by atoms with Crippen molar-refractivity contribution < 1.29 is 9.59 Å². The second kappa shape index (κ2) is 8.47. The Morgan fingerprint density at radius 2 is 1.86 bits per heavy atom. The summed E-state index contributed by atoms with van der Waals surface area (Å²) >= 11 is 0. The normalized spacial score (nSPS) is 17.2. The number of carbonyl (C=O) groups excluding carboxylic acids is 2. The monoisotopic (exact) mass is 295 g/mol. The quantitative estimate of drug-likeness (QED) is 0.699. The van der Waals surface area contributed by atoms with Crippen LogP contribution >= 0.6 is 0 Å². The number of carbonyl (C=O) groups is 2. The Kier molecular flexibility index (Phi) is 6.96. The van der Waals surface area contributed by atoms with E-state index in [-0.39, 0.29) is 24.4 Å². The fourth-order valence-corrected chi connectivity index (χ4v) is 2.20. The third-order valence-electron chi connectivity index (χ3n) is 3.45. The summed E-state index contributed by atoms with van der Waals surface area (Å²) in [6.45, 7) is 6.94. The molecule has 0 aliphatic carbocycles. The maximum Gasteiger partial charge on any atom is 0.318 e. The van der Waals surface area contributed by atoms with Gasteiger partial charge < -0.3 is 20.4 Å².